The van der Waals surface area contributed by atoms with Gasteiger partial charge in [-0.1, -0.05) is 6.92 Å². The molecule has 7 nitrogen and oxygen atoms in total. The van der Waals surface area contributed by atoms with Gasteiger partial charge in [0.25, 0.3) is 10.2 Å². The van der Waals surface area contributed by atoms with Gasteiger partial charge in [-0.2, -0.15) is 17.0 Å². The molecule has 9 heteroatoms. The summed E-state index contributed by atoms with van der Waals surface area (Å²) in [6, 6.07) is 0.0440. The highest BCUT2D eigenvalue weighted by molar-refractivity contribution is 7.86. The van der Waals surface area contributed by atoms with Crippen molar-refractivity contribution in [1.29, 1.82) is 0 Å². The van der Waals surface area contributed by atoms with Gasteiger partial charge in [-0.15, -0.1) is 12.4 Å². The standard InChI is InChI=1S/C13H29N3O4S.ClH/c1-4-7-16(13-5-6-14-12-13)21(17,18)15(8-10-19-2)9-11-20-3;/h13-14H,4-12H2,1-3H3;1H. The smallest absolute Gasteiger partial charge is 0.282 e. The Bertz CT molecular complexity index is 369. The second-order valence-corrected chi connectivity index (χ2v) is 7.03. The summed E-state index contributed by atoms with van der Waals surface area (Å²) in [6.45, 7) is 5.60. The minimum atomic E-state index is -3.49. The summed E-state index contributed by atoms with van der Waals surface area (Å²) in [5.74, 6) is 0. The first kappa shape index (κ1) is 22.0. The summed E-state index contributed by atoms with van der Waals surface area (Å²) in [5, 5.41) is 3.23. The predicted molar refractivity (Wildman–Crippen MR) is 89.8 cm³/mol. The molecular weight excluding hydrogens is 330 g/mol. The molecule has 1 unspecified atom stereocenters. The van der Waals surface area contributed by atoms with Crippen LogP contribution in [-0.2, 0) is 19.7 Å². The number of rotatable bonds is 11. The van der Waals surface area contributed by atoms with Crippen LogP contribution in [0.2, 0.25) is 0 Å². The zero-order valence-corrected chi connectivity index (χ0v) is 15.4. The van der Waals surface area contributed by atoms with Crippen molar-refractivity contribution in [2.24, 2.45) is 0 Å². The second kappa shape index (κ2) is 11.6. The molecule has 1 atom stereocenters. The molecule has 1 aliphatic heterocycles. The summed E-state index contributed by atoms with van der Waals surface area (Å²) < 4.78 is 39.0. The highest BCUT2D eigenvalue weighted by Crippen LogP contribution is 2.17. The molecule has 1 N–H and O–H groups in total. The first-order valence-electron chi connectivity index (χ1n) is 7.53. The van der Waals surface area contributed by atoms with Crippen molar-refractivity contribution in [2.75, 3.05) is 60.2 Å². The molecular formula is C13H30ClN3O4S. The van der Waals surface area contributed by atoms with Gasteiger partial charge in [-0.3, -0.25) is 0 Å². The highest BCUT2D eigenvalue weighted by atomic mass is 35.5. The van der Waals surface area contributed by atoms with Gasteiger partial charge in [0.15, 0.2) is 0 Å². The van der Waals surface area contributed by atoms with Crippen molar-refractivity contribution < 1.29 is 17.9 Å². The first-order chi connectivity index (χ1) is 10.1. The quantitative estimate of drug-likeness (QED) is 0.575. The largest absolute Gasteiger partial charge is 0.383 e. The van der Waals surface area contributed by atoms with E-state index in [-0.39, 0.29) is 18.4 Å². The lowest BCUT2D eigenvalue weighted by Crippen LogP contribution is -2.51. The summed E-state index contributed by atoms with van der Waals surface area (Å²) >= 11 is 0. The molecule has 0 amide bonds. The SMILES string of the molecule is CCCN(C1CCNC1)S(=O)(=O)N(CCOC)CCOC.Cl. The zero-order valence-electron chi connectivity index (χ0n) is 13.8. The predicted octanol–water partition coefficient (Wildman–Crippen LogP) is 0.322. The van der Waals surface area contributed by atoms with Crippen LogP contribution in [0.4, 0.5) is 0 Å². The third kappa shape index (κ3) is 6.27. The minimum Gasteiger partial charge on any atom is -0.383 e. The number of nitrogens with zero attached hydrogens (tertiary/aromatic N) is 2. The Balaban J connectivity index is 0.00000441. The monoisotopic (exact) mass is 359 g/mol. The van der Waals surface area contributed by atoms with E-state index in [1.54, 1.807) is 18.5 Å². The lowest BCUT2D eigenvalue weighted by molar-refractivity contribution is 0.145. The summed E-state index contributed by atoms with van der Waals surface area (Å²) in [7, 11) is -0.336. The van der Waals surface area contributed by atoms with Gasteiger partial charge in [0.2, 0.25) is 0 Å². The number of hydrogen-bond acceptors (Lipinski definition) is 5. The van der Waals surface area contributed by atoms with Gasteiger partial charge in [-0.05, 0) is 19.4 Å². The fourth-order valence-corrected chi connectivity index (χ4v) is 4.35. The van der Waals surface area contributed by atoms with E-state index in [2.05, 4.69) is 5.32 Å². The fourth-order valence-electron chi connectivity index (χ4n) is 2.47. The van der Waals surface area contributed by atoms with Crippen molar-refractivity contribution in [2.45, 2.75) is 25.8 Å². The van der Waals surface area contributed by atoms with Gasteiger partial charge in [0.1, 0.15) is 0 Å². The minimum absolute atomic E-state index is 0. The van der Waals surface area contributed by atoms with Gasteiger partial charge in [-0.25, -0.2) is 0 Å². The topological polar surface area (TPSA) is 71.1 Å². The van der Waals surface area contributed by atoms with Crippen molar-refractivity contribution >= 4 is 22.6 Å². The Labute approximate surface area is 140 Å². The average molecular weight is 360 g/mol. The summed E-state index contributed by atoms with van der Waals surface area (Å²) in [6.07, 6.45) is 1.67. The molecule has 1 rings (SSSR count). The lowest BCUT2D eigenvalue weighted by atomic mass is 10.2. The van der Waals surface area contributed by atoms with E-state index in [1.807, 2.05) is 6.92 Å². The van der Waals surface area contributed by atoms with E-state index in [1.165, 1.54) is 4.31 Å². The molecule has 0 aromatic rings. The van der Waals surface area contributed by atoms with Crippen LogP contribution in [0.25, 0.3) is 0 Å². The maximum atomic E-state index is 12.9. The van der Waals surface area contributed by atoms with Crippen molar-refractivity contribution in [3.8, 4) is 0 Å². The van der Waals surface area contributed by atoms with Gasteiger partial charge in [0, 0.05) is 46.4 Å². The Kier molecular flexibility index (Phi) is 11.6. The molecule has 1 saturated heterocycles. The molecule has 0 aliphatic carbocycles. The zero-order chi connectivity index (χ0) is 15.7. The molecule has 0 aromatic carbocycles. The van der Waals surface area contributed by atoms with Crippen LogP contribution in [-0.4, -0.2) is 83.2 Å². The molecule has 134 valence electrons. The molecule has 0 aromatic heterocycles. The van der Waals surface area contributed by atoms with E-state index in [9.17, 15) is 8.42 Å². The third-order valence-corrected chi connectivity index (χ3v) is 5.69. The lowest BCUT2D eigenvalue weighted by Gasteiger charge is -2.33. The second-order valence-electron chi connectivity index (χ2n) is 5.15. The van der Waals surface area contributed by atoms with Crippen LogP contribution >= 0.6 is 12.4 Å². The fraction of sp³-hybridized carbons (Fsp3) is 1.00. The van der Waals surface area contributed by atoms with Crippen molar-refractivity contribution in [3.63, 3.8) is 0 Å². The van der Waals surface area contributed by atoms with E-state index >= 15 is 0 Å². The van der Waals surface area contributed by atoms with Crippen LogP contribution < -0.4 is 5.32 Å². The normalized spacial score (nSPS) is 18.9. The van der Waals surface area contributed by atoms with E-state index in [0.29, 0.717) is 32.8 Å². The Morgan fingerprint density at radius 3 is 2.14 bits per heavy atom. The Hall–Kier alpha value is 0.0400. The maximum absolute atomic E-state index is 12.9. The average Bonchev–Trinajstić information content (AvgIpc) is 2.98. The van der Waals surface area contributed by atoms with Gasteiger partial charge < -0.3 is 14.8 Å². The molecule has 1 heterocycles. The van der Waals surface area contributed by atoms with Crippen molar-refractivity contribution in [1.82, 2.24) is 13.9 Å². The van der Waals surface area contributed by atoms with Crippen LogP contribution in [0, 0.1) is 0 Å². The number of halogens is 1. The molecule has 0 radical (unpaired) electrons. The Morgan fingerprint density at radius 2 is 1.73 bits per heavy atom. The number of nitrogens with one attached hydrogen (secondary N) is 1. The van der Waals surface area contributed by atoms with Crippen LogP contribution in [0.15, 0.2) is 0 Å². The Morgan fingerprint density at radius 1 is 1.14 bits per heavy atom. The molecule has 0 saturated carbocycles. The molecule has 0 bridgehead atoms. The molecule has 1 fully saturated rings. The van der Waals surface area contributed by atoms with E-state index < -0.39 is 10.2 Å². The van der Waals surface area contributed by atoms with Crippen molar-refractivity contribution in [3.05, 3.63) is 0 Å². The molecule has 0 spiro atoms. The number of ether oxygens (including phenoxy) is 2. The summed E-state index contributed by atoms with van der Waals surface area (Å²) in [4.78, 5) is 0. The third-order valence-electron chi connectivity index (χ3n) is 3.60. The van der Waals surface area contributed by atoms with Crippen LogP contribution in [0.3, 0.4) is 0 Å². The van der Waals surface area contributed by atoms with Crippen LogP contribution in [0.5, 0.6) is 0 Å². The molecule has 1 aliphatic rings. The molecule has 22 heavy (non-hydrogen) atoms. The van der Waals surface area contributed by atoms with Crippen LogP contribution in [0.1, 0.15) is 19.8 Å². The highest BCUT2D eigenvalue weighted by Gasteiger charge is 2.35. The first-order valence-corrected chi connectivity index (χ1v) is 8.93. The summed E-state index contributed by atoms with van der Waals surface area (Å²) in [5.41, 5.74) is 0. The van der Waals surface area contributed by atoms with E-state index in [0.717, 1.165) is 25.9 Å². The van der Waals surface area contributed by atoms with E-state index in [4.69, 9.17) is 9.47 Å². The van der Waals surface area contributed by atoms with Gasteiger partial charge >= 0.3 is 0 Å². The number of methoxy groups -OCH3 is 2. The number of hydrogen-bond donors (Lipinski definition) is 1. The van der Waals surface area contributed by atoms with Gasteiger partial charge in [0.05, 0.1) is 13.2 Å². The maximum Gasteiger partial charge on any atom is 0.282 e.